The van der Waals surface area contributed by atoms with Crippen LogP contribution in [0.1, 0.15) is 37.0 Å². The van der Waals surface area contributed by atoms with E-state index in [9.17, 15) is 9.59 Å². The van der Waals surface area contributed by atoms with Gasteiger partial charge in [-0.3, -0.25) is 14.9 Å². The zero-order valence-corrected chi connectivity index (χ0v) is 13.4. The average molecular weight is 317 g/mol. The van der Waals surface area contributed by atoms with Crippen LogP contribution in [0.4, 0.5) is 10.8 Å². The minimum atomic E-state index is -0.215. The van der Waals surface area contributed by atoms with Gasteiger partial charge in [0.1, 0.15) is 0 Å². The number of nitrogens with one attached hydrogen (secondary N) is 2. The first-order valence-electron chi connectivity index (χ1n) is 7.19. The van der Waals surface area contributed by atoms with E-state index in [4.69, 9.17) is 0 Å². The van der Waals surface area contributed by atoms with Crippen molar-refractivity contribution in [2.45, 2.75) is 26.7 Å². The predicted octanol–water partition coefficient (Wildman–Crippen LogP) is 3.77. The molecule has 116 valence electrons. The highest BCUT2D eigenvalue weighted by Gasteiger charge is 2.10. The molecule has 5 nitrogen and oxygen atoms in total. The van der Waals surface area contributed by atoms with Crippen LogP contribution >= 0.6 is 11.3 Å². The summed E-state index contributed by atoms with van der Waals surface area (Å²) in [5.74, 6) is 0.144. The summed E-state index contributed by atoms with van der Waals surface area (Å²) in [6, 6.07) is 6.82. The number of carbonyl (C=O) groups is 2. The van der Waals surface area contributed by atoms with E-state index < -0.39 is 0 Å². The first kappa shape index (κ1) is 16.2. The van der Waals surface area contributed by atoms with Crippen LogP contribution in [-0.2, 0) is 4.79 Å². The third-order valence-corrected chi connectivity index (χ3v) is 4.00. The van der Waals surface area contributed by atoms with Crippen molar-refractivity contribution in [3.8, 4) is 0 Å². The molecule has 1 heterocycles. The van der Waals surface area contributed by atoms with Gasteiger partial charge in [-0.2, -0.15) is 0 Å². The SMILES string of the molecule is CCC(C)CC(=O)Nc1ccc(C(=O)Nc2nccs2)cc1. The number of anilines is 2. The maximum Gasteiger partial charge on any atom is 0.257 e. The van der Waals surface area contributed by atoms with Crippen LogP contribution < -0.4 is 10.6 Å². The Morgan fingerprint density at radius 1 is 1.23 bits per heavy atom. The fourth-order valence-corrected chi connectivity index (χ4v) is 2.36. The number of rotatable bonds is 6. The largest absolute Gasteiger partial charge is 0.326 e. The van der Waals surface area contributed by atoms with E-state index in [0.29, 0.717) is 28.7 Å². The van der Waals surface area contributed by atoms with Gasteiger partial charge in [-0.15, -0.1) is 11.3 Å². The molecule has 1 atom stereocenters. The Labute approximate surface area is 133 Å². The van der Waals surface area contributed by atoms with Gasteiger partial charge in [0, 0.05) is 29.2 Å². The maximum absolute atomic E-state index is 12.0. The molecule has 2 rings (SSSR count). The van der Waals surface area contributed by atoms with Crippen LogP contribution in [0, 0.1) is 5.92 Å². The normalized spacial score (nSPS) is 11.7. The lowest BCUT2D eigenvalue weighted by atomic mass is 10.0. The summed E-state index contributed by atoms with van der Waals surface area (Å²) in [7, 11) is 0. The van der Waals surface area contributed by atoms with Gasteiger partial charge in [0.15, 0.2) is 5.13 Å². The molecule has 22 heavy (non-hydrogen) atoms. The Balaban J connectivity index is 1.92. The van der Waals surface area contributed by atoms with E-state index in [1.165, 1.54) is 11.3 Å². The van der Waals surface area contributed by atoms with Crippen LogP contribution in [0.2, 0.25) is 0 Å². The highest BCUT2D eigenvalue weighted by atomic mass is 32.1. The van der Waals surface area contributed by atoms with Crippen LogP contribution in [0.3, 0.4) is 0 Å². The van der Waals surface area contributed by atoms with Gasteiger partial charge in [-0.05, 0) is 30.2 Å². The molecule has 0 radical (unpaired) electrons. The summed E-state index contributed by atoms with van der Waals surface area (Å²) in [5, 5.41) is 7.91. The highest BCUT2D eigenvalue weighted by Crippen LogP contribution is 2.15. The Bertz CT molecular complexity index is 623. The molecule has 0 bridgehead atoms. The van der Waals surface area contributed by atoms with Gasteiger partial charge in [0.05, 0.1) is 0 Å². The molecule has 6 heteroatoms. The number of hydrogen-bond acceptors (Lipinski definition) is 4. The Kier molecular flexibility index (Phi) is 5.66. The molecule has 1 aromatic carbocycles. The summed E-state index contributed by atoms with van der Waals surface area (Å²) in [4.78, 5) is 27.8. The van der Waals surface area contributed by atoms with E-state index in [1.54, 1.807) is 35.8 Å². The summed E-state index contributed by atoms with van der Waals surface area (Å²) in [5.41, 5.74) is 1.22. The topological polar surface area (TPSA) is 71.1 Å². The standard InChI is InChI=1S/C16H19N3O2S/c1-3-11(2)10-14(20)18-13-6-4-12(5-7-13)15(21)19-16-17-8-9-22-16/h4-9,11H,3,10H2,1-2H3,(H,18,20)(H,17,19,21). The lowest BCUT2D eigenvalue weighted by Gasteiger charge is -2.09. The fraction of sp³-hybridized carbons (Fsp3) is 0.312. The number of amides is 2. The quantitative estimate of drug-likeness (QED) is 0.852. The van der Waals surface area contributed by atoms with Crippen molar-refractivity contribution in [1.29, 1.82) is 0 Å². The van der Waals surface area contributed by atoms with E-state index in [-0.39, 0.29) is 11.8 Å². The molecule has 1 unspecified atom stereocenters. The molecule has 2 N–H and O–H groups in total. The van der Waals surface area contributed by atoms with E-state index >= 15 is 0 Å². The number of carbonyl (C=O) groups excluding carboxylic acids is 2. The summed E-state index contributed by atoms with van der Waals surface area (Å²) < 4.78 is 0. The molecule has 0 aliphatic carbocycles. The summed E-state index contributed by atoms with van der Waals surface area (Å²) in [6.45, 7) is 4.11. The second-order valence-corrected chi connectivity index (χ2v) is 6.03. The van der Waals surface area contributed by atoms with Crippen molar-refractivity contribution in [2.24, 2.45) is 5.92 Å². The van der Waals surface area contributed by atoms with Gasteiger partial charge in [0.2, 0.25) is 5.91 Å². The Morgan fingerprint density at radius 3 is 2.55 bits per heavy atom. The summed E-state index contributed by atoms with van der Waals surface area (Å²) >= 11 is 1.37. The Hall–Kier alpha value is -2.21. The zero-order chi connectivity index (χ0) is 15.9. The predicted molar refractivity (Wildman–Crippen MR) is 89.2 cm³/mol. The fourth-order valence-electron chi connectivity index (χ4n) is 1.83. The smallest absolute Gasteiger partial charge is 0.257 e. The minimum Gasteiger partial charge on any atom is -0.326 e. The number of thiazole rings is 1. The molecule has 0 aliphatic heterocycles. The van der Waals surface area contributed by atoms with Crippen molar-refractivity contribution in [1.82, 2.24) is 4.98 Å². The van der Waals surface area contributed by atoms with Crippen LogP contribution in [0.5, 0.6) is 0 Å². The zero-order valence-electron chi connectivity index (χ0n) is 12.6. The Morgan fingerprint density at radius 2 is 1.95 bits per heavy atom. The van der Waals surface area contributed by atoms with E-state index in [0.717, 1.165) is 6.42 Å². The second kappa shape index (κ2) is 7.70. The van der Waals surface area contributed by atoms with Crippen molar-refractivity contribution in [3.63, 3.8) is 0 Å². The third kappa shape index (κ3) is 4.66. The summed E-state index contributed by atoms with van der Waals surface area (Å²) in [6.07, 6.45) is 3.11. The average Bonchev–Trinajstić information content (AvgIpc) is 3.00. The van der Waals surface area contributed by atoms with Gasteiger partial charge in [-0.25, -0.2) is 4.98 Å². The molecule has 1 aromatic heterocycles. The minimum absolute atomic E-state index is 0.00524. The molecule has 0 aliphatic rings. The van der Waals surface area contributed by atoms with Crippen LogP contribution in [0.15, 0.2) is 35.8 Å². The molecular weight excluding hydrogens is 298 g/mol. The van der Waals surface area contributed by atoms with Gasteiger partial charge >= 0.3 is 0 Å². The molecule has 2 aromatic rings. The number of hydrogen-bond donors (Lipinski definition) is 2. The first-order chi connectivity index (χ1) is 10.6. The monoisotopic (exact) mass is 317 g/mol. The maximum atomic E-state index is 12.0. The number of nitrogens with zero attached hydrogens (tertiary/aromatic N) is 1. The van der Waals surface area contributed by atoms with Gasteiger partial charge in [0.25, 0.3) is 5.91 Å². The molecule has 0 fully saturated rings. The molecular formula is C16H19N3O2S. The van der Waals surface area contributed by atoms with Crippen LogP contribution in [-0.4, -0.2) is 16.8 Å². The third-order valence-electron chi connectivity index (χ3n) is 3.31. The van der Waals surface area contributed by atoms with E-state index in [2.05, 4.69) is 22.5 Å². The van der Waals surface area contributed by atoms with Gasteiger partial charge in [-0.1, -0.05) is 20.3 Å². The highest BCUT2D eigenvalue weighted by molar-refractivity contribution is 7.13. The first-order valence-corrected chi connectivity index (χ1v) is 8.07. The number of benzene rings is 1. The second-order valence-electron chi connectivity index (χ2n) is 5.13. The van der Waals surface area contributed by atoms with Gasteiger partial charge < -0.3 is 5.32 Å². The van der Waals surface area contributed by atoms with Crippen molar-refractivity contribution >= 4 is 34.0 Å². The molecule has 0 saturated heterocycles. The van der Waals surface area contributed by atoms with Crippen molar-refractivity contribution in [2.75, 3.05) is 10.6 Å². The lowest BCUT2D eigenvalue weighted by Crippen LogP contribution is -2.15. The molecule has 0 spiro atoms. The molecule has 0 saturated carbocycles. The van der Waals surface area contributed by atoms with Crippen LogP contribution in [0.25, 0.3) is 0 Å². The number of aromatic nitrogens is 1. The van der Waals surface area contributed by atoms with Crippen molar-refractivity contribution < 1.29 is 9.59 Å². The van der Waals surface area contributed by atoms with Crippen molar-refractivity contribution in [3.05, 3.63) is 41.4 Å². The molecule has 2 amide bonds. The van der Waals surface area contributed by atoms with E-state index in [1.807, 2.05) is 6.92 Å². The lowest BCUT2D eigenvalue weighted by molar-refractivity contribution is -0.117.